The summed E-state index contributed by atoms with van der Waals surface area (Å²) in [5, 5.41) is 9.48. The zero-order chi connectivity index (χ0) is 23.3. The lowest BCUT2D eigenvalue weighted by Gasteiger charge is -2.10. The molecule has 0 aliphatic carbocycles. The summed E-state index contributed by atoms with van der Waals surface area (Å²) in [6, 6.07) is 9.94. The lowest BCUT2D eigenvalue weighted by Crippen LogP contribution is -2.04. The van der Waals surface area contributed by atoms with Crippen molar-refractivity contribution in [3.05, 3.63) is 71.9 Å². The molecule has 0 fully saturated rings. The van der Waals surface area contributed by atoms with Gasteiger partial charge in [-0.05, 0) is 50.6 Å². The van der Waals surface area contributed by atoms with Gasteiger partial charge in [-0.3, -0.25) is 0 Å². The highest BCUT2D eigenvalue weighted by atomic mass is 16.5. The van der Waals surface area contributed by atoms with Crippen molar-refractivity contribution < 1.29 is 9.26 Å². The molecule has 0 spiro atoms. The molecule has 5 rings (SSSR count). The normalized spacial score (nSPS) is 12.1. The molecule has 8 heteroatoms. The fourth-order valence-electron chi connectivity index (χ4n) is 4.31. The number of aryl methyl sites for hydroxylation is 2. The highest BCUT2D eigenvalue weighted by Gasteiger charge is 2.23. The Hall–Kier alpha value is -4.33. The Kier molecular flexibility index (Phi) is 4.78. The van der Waals surface area contributed by atoms with Gasteiger partial charge in [-0.1, -0.05) is 17.8 Å². The summed E-state index contributed by atoms with van der Waals surface area (Å²) in [4.78, 5) is 7.99. The van der Waals surface area contributed by atoms with E-state index in [9.17, 15) is 0 Å². The maximum Gasteiger partial charge on any atom is 0.141 e. The number of aromatic amines is 1. The fraction of sp³-hybridized carbons (Fsp3) is 0.160. The smallest absolute Gasteiger partial charge is 0.141 e. The first-order valence-corrected chi connectivity index (χ1v) is 10.5. The van der Waals surface area contributed by atoms with E-state index in [1.54, 1.807) is 14.0 Å². The van der Waals surface area contributed by atoms with Crippen molar-refractivity contribution in [2.75, 3.05) is 7.11 Å². The second-order valence-corrected chi connectivity index (χ2v) is 7.97. The third-order valence-electron chi connectivity index (χ3n) is 5.74. The third-order valence-corrected chi connectivity index (χ3v) is 5.74. The molecule has 0 aliphatic heterocycles. The number of ether oxygens (including phenoxy) is 1. The predicted octanol–water partition coefficient (Wildman–Crippen LogP) is 5.17. The number of nitrogens with zero attached hydrogens (tertiary/aromatic N) is 4. The molecular formula is C25H24N6O2. The fourth-order valence-corrected chi connectivity index (χ4v) is 4.31. The molecule has 0 radical (unpaired) electrons. The lowest BCUT2D eigenvalue weighted by molar-refractivity contribution is 0.393. The van der Waals surface area contributed by atoms with Crippen molar-refractivity contribution in [1.29, 1.82) is 0 Å². The maximum absolute atomic E-state index is 5.97. The van der Waals surface area contributed by atoms with Gasteiger partial charge in [0.05, 0.1) is 35.9 Å². The quantitative estimate of drug-likeness (QED) is 0.290. The number of pyridine rings is 1. The largest absolute Gasteiger partial charge is 0.496 e. The number of nitrogens with one attached hydrogen (secondary N) is 1. The van der Waals surface area contributed by atoms with Crippen LogP contribution in [0, 0.1) is 13.8 Å². The first-order chi connectivity index (χ1) is 15.9. The summed E-state index contributed by atoms with van der Waals surface area (Å²) in [7, 11) is 1.65. The Morgan fingerprint density at radius 1 is 1.27 bits per heavy atom. The Bertz CT molecular complexity index is 1540. The summed E-state index contributed by atoms with van der Waals surface area (Å²) in [6.07, 6.45) is 3.72. The van der Waals surface area contributed by atoms with Gasteiger partial charge >= 0.3 is 0 Å². The first-order valence-electron chi connectivity index (χ1n) is 10.5. The van der Waals surface area contributed by atoms with Crippen molar-refractivity contribution in [3.8, 4) is 16.9 Å². The van der Waals surface area contributed by atoms with E-state index in [0.29, 0.717) is 17.4 Å². The molecule has 0 bridgehead atoms. The predicted molar refractivity (Wildman–Crippen MR) is 130 cm³/mol. The number of H-pyrrole nitrogens is 1. The van der Waals surface area contributed by atoms with Crippen LogP contribution in [0.1, 0.15) is 29.5 Å². The second kappa shape index (κ2) is 7.67. The summed E-state index contributed by atoms with van der Waals surface area (Å²) >= 11 is 0. The van der Waals surface area contributed by atoms with Gasteiger partial charge < -0.3 is 20.0 Å². The lowest BCUT2D eigenvalue weighted by atomic mass is 9.96. The van der Waals surface area contributed by atoms with Crippen LogP contribution in [0.2, 0.25) is 0 Å². The summed E-state index contributed by atoms with van der Waals surface area (Å²) in [6.45, 7) is 9.97. The highest BCUT2D eigenvalue weighted by molar-refractivity contribution is 6.06. The monoisotopic (exact) mass is 440 g/mol. The number of aliphatic imine (C=N–C) groups is 1. The van der Waals surface area contributed by atoms with Crippen LogP contribution < -0.4 is 10.5 Å². The van der Waals surface area contributed by atoms with Gasteiger partial charge in [0, 0.05) is 33.8 Å². The zero-order valence-electron chi connectivity index (χ0n) is 18.9. The molecular weight excluding hydrogens is 416 g/mol. The Morgan fingerprint density at radius 3 is 2.79 bits per heavy atom. The summed E-state index contributed by atoms with van der Waals surface area (Å²) in [5.41, 5.74) is 12.9. The van der Waals surface area contributed by atoms with Crippen molar-refractivity contribution in [1.82, 2.24) is 19.8 Å². The Morgan fingerprint density at radius 2 is 2.09 bits per heavy atom. The number of amidine groups is 1. The van der Waals surface area contributed by atoms with E-state index in [-0.39, 0.29) is 0 Å². The summed E-state index contributed by atoms with van der Waals surface area (Å²) in [5.74, 6) is 2.49. The number of fused-ring (bicyclic) bond motifs is 2. The molecule has 8 nitrogen and oxygen atoms in total. The van der Waals surface area contributed by atoms with Crippen LogP contribution in [0.15, 0.2) is 58.8 Å². The standard InChI is InChI=1S/C25H24N6O2/c1-13(19-12-27-31-9-7-6-8-21(19)31)23-17-11-22(32-5)18(24-14(2)30-33-15(24)3)10-20(17)29-25(23)28-16(4)26/h6-12,29H,1H2,2-5H3,(H2,26,28). The zero-order valence-corrected chi connectivity index (χ0v) is 18.9. The van der Waals surface area contributed by atoms with Crippen LogP contribution in [0.5, 0.6) is 5.75 Å². The van der Waals surface area contributed by atoms with Crippen molar-refractivity contribution in [3.63, 3.8) is 0 Å². The molecule has 33 heavy (non-hydrogen) atoms. The molecule has 5 aromatic rings. The minimum atomic E-state index is 0.438. The average Bonchev–Trinajstić information content (AvgIpc) is 3.46. The van der Waals surface area contributed by atoms with Crippen LogP contribution in [0.4, 0.5) is 5.82 Å². The molecule has 0 aliphatic rings. The molecule has 4 heterocycles. The van der Waals surface area contributed by atoms with Gasteiger partial charge in [0.15, 0.2) is 0 Å². The van der Waals surface area contributed by atoms with E-state index < -0.39 is 0 Å². The minimum absolute atomic E-state index is 0.438. The van der Waals surface area contributed by atoms with Crippen molar-refractivity contribution in [2.45, 2.75) is 20.8 Å². The molecule has 1 aromatic carbocycles. The van der Waals surface area contributed by atoms with E-state index >= 15 is 0 Å². The highest BCUT2D eigenvalue weighted by Crippen LogP contribution is 2.43. The van der Waals surface area contributed by atoms with Crippen LogP contribution in [-0.2, 0) is 0 Å². The number of benzene rings is 1. The van der Waals surface area contributed by atoms with Crippen molar-refractivity contribution >= 4 is 33.6 Å². The molecule has 0 saturated heterocycles. The molecule has 0 unspecified atom stereocenters. The number of nitrogens with two attached hydrogens (primary N) is 1. The van der Waals surface area contributed by atoms with E-state index in [1.165, 1.54) is 0 Å². The van der Waals surface area contributed by atoms with Gasteiger partial charge in [-0.2, -0.15) is 5.10 Å². The number of methoxy groups -OCH3 is 1. The van der Waals surface area contributed by atoms with E-state index in [1.807, 2.05) is 61.1 Å². The average molecular weight is 441 g/mol. The molecule has 0 atom stereocenters. The number of hydrogen-bond donors (Lipinski definition) is 2. The van der Waals surface area contributed by atoms with E-state index in [0.717, 1.165) is 55.7 Å². The Balaban J connectivity index is 1.79. The number of rotatable bonds is 5. The van der Waals surface area contributed by atoms with Gasteiger partial charge in [-0.25, -0.2) is 9.51 Å². The molecule has 0 saturated carbocycles. The van der Waals surface area contributed by atoms with Crippen molar-refractivity contribution in [2.24, 2.45) is 10.7 Å². The first kappa shape index (κ1) is 20.6. The van der Waals surface area contributed by atoms with Gasteiger partial charge in [0.1, 0.15) is 17.3 Å². The topological polar surface area (TPSA) is 107 Å². The number of hydrogen-bond acceptors (Lipinski definition) is 5. The molecule has 166 valence electrons. The van der Waals surface area contributed by atoms with E-state index in [4.69, 9.17) is 15.0 Å². The molecule has 0 amide bonds. The van der Waals surface area contributed by atoms with Gasteiger partial charge in [0.25, 0.3) is 0 Å². The van der Waals surface area contributed by atoms with Crippen LogP contribution in [0.3, 0.4) is 0 Å². The van der Waals surface area contributed by atoms with Gasteiger partial charge in [0.2, 0.25) is 0 Å². The SMILES string of the molecule is C=C(c1c(/N=C(/C)N)[nH]c2cc(-c3c(C)noc3C)c(OC)cc12)c1cnn2ccccc12. The third kappa shape index (κ3) is 3.27. The number of aromatic nitrogens is 4. The molecule has 4 aromatic heterocycles. The second-order valence-electron chi connectivity index (χ2n) is 7.97. The van der Waals surface area contributed by atoms with Gasteiger partial charge in [-0.15, -0.1) is 0 Å². The van der Waals surface area contributed by atoms with Crippen LogP contribution in [-0.4, -0.2) is 32.7 Å². The minimum Gasteiger partial charge on any atom is -0.496 e. The Labute approximate surface area is 190 Å². The molecule has 3 N–H and O–H groups in total. The van der Waals surface area contributed by atoms with Crippen LogP contribution >= 0.6 is 0 Å². The van der Waals surface area contributed by atoms with Crippen LogP contribution in [0.25, 0.3) is 33.1 Å². The van der Waals surface area contributed by atoms with E-state index in [2.05, 4.69) is 26.8 Å². The maximum atomic E-state index is 5.97. The summed E-state index contributed by atoms with van der Waals surface area (Å²) < 4.78 is 13.0.